The van der Waals surface area contributed by atoms with E-state index in [1.54, 1.807) is 7.11 Å². The van der Waals surface area contributed by atoms with Gasteiger partial charge in [0.1, 0.15) is 5.75 Å². The first-order valence-corrected chi connectivity index (χ1v) is 6.00. The average Bonchev–Trinajstić information content (AvgIpc) is 2.28. The summed E-state index contributed by atoms with van der Waals surface area (Å²) >= 11 is 0. The third kappa shape index (κ3) is 4.23. The van der Waals surface area contributed by atoms with Gasteiger partial charge in [-0.25, -0.2) is 0 Å². The van der Waals surface area contributed by atoms with E-state index < -0.39 is 0 Å². The van der Waals surface area contributed by atoms with Crippen LogP contribution in [0.3, 0.4) is 0 Å². The van der Waals surface area contributed by atoms with Crippen molar-refractivity contribution < 1.29 is 4.74 Å². The predicted molar refractivity (Wildman–Crippen MR) is 68.9 cm³/mol. The first-order valence-electron chi connectivity index (χ1n) is 6.00. The predicted octanol–water partition coefficient (Wildman–Crippen LogP) is 3.39. The molecule has 1 N–H and O–H groups in total. The molecule has 1 aromatic carbocycles. The molecule has 0 aliphatic rings. The summed E-state index contributed by atoms with van der Waals surface area (Å²) in [6.45, 7) is 7.75. The first-order chi connectivity index (χ1) is 7.63. The Balaban J connectivity index is 2.48. The quantitative estimate of drug-likeness (QED) is 0.795. The van der Waals surface area contributed by atoms with Gasteiger partial charge in [0.25, 0.3) is 0 Å². The summed E-state index contributed by atoms with van der Waals surface area (Å²) in [6, 6.07) is 8.62. The largest absolute Gasteiger partial charge is 0.497 e. The highest BCUT2D eigenvalue weighted by molar-refractivity contribution is 5.30. The number of rotatable bonds is 6. The molecular weight excluding hydrogens is 198 g/mol. The molecule has 0 aliphatic heterocycles. The standard InChI is InChI=1S/C14H23NO/c1-11(2)8-9-15-12(3)13-6-5-7-14(10-13)16-4/h5-7,10-12,15H,8-9H2,1-4H3/t12-/m0/s1. The van der Waals surface area contributed by atoms with Gasteiger partial charge in [0.05, 0.1) is 7.11 Å². The summed E-state index contributed by atoms with van der Waals surface area (Å²) in [6.07, 6.45) is 1.22. The Bertz CT molecular complexity index is 309. The van der Waals surface area contributed by atoms with Gasteiger partial charge in [-0.2, -0.15) is 0 Å². The van der Waals surface area contributed by atoms with Crippen LogP contribution in [-0.4, -0.2) is 13.7 Å². The zero-order chi connectivity index (χ0) is 12.0. The maximum atomic E-state index is 5.22. The van der Waals surface area contributed by atoms with Crippen LogP contribution in [0, 0.1) is 5.92 Å². The van der Waals surface area contributed by atoms with Gasteiger partial charge in [0.15, 0.2) is 0 Å². The molecular formula is C14H23NO. The highest BCUT2D eigenvalue weighted by atomic mass is 16.5. The fourth-order valence-electron chi connectivity index (χ4n) is 1.62. The maximum Gasteiger partial charge on any atom is 0.119 e. The van der Waals surface area contributed by atoms with E-state index in [0.29, 0.717) is 6.04 Å². The van der Waals surface area contributed by atoms with Crippen molar-refractivity contribution in [2.24, 2.45) is 5.92 Å². The number of nitrogens with one attached hydrogen (secondary N) is 1. The van der Waals surface area contributed by atoms with Crippen molar-refractivity contribution in [2.45, 2.75) is 33.2 Å². The topological polar surface area (TPSA) is 21.3 Å². The molecule has 0 heterocycles. The molecule has 0 fully saturated rings. The fraction of sp³-hybridized carbons (Fsp3) is 0.571. The maximum absolute atomic E-state index is 5.22. The second-order valence-electron chi connectivity index (χ2n) is 4.63. The van der Waals surface area contributed by atoms with Crippen LogP contribution >= 0.6 is 0 Å². The Kier molecular flexibility index (Phi) is 5.33. The van der Waals surface area contributed by atoms with Crippen molar-refractivity contribution in [3.8, 4) is 5.75 Å². The number of hydrogen-bond donors (Lipinski definition) is 1. The van der Waals surface area contributed by atoms with Crippen molar-refractivity contribution in [3.63, 3.8) is 0 Å². The minimum atomic E-state index is 0.383. The van der Waals surface area contributed by atoms with Gasteiger partial charge in [-0.15, -0.1) is 0 Å². The molecule has 16 heavy (non-hydrogen) atoms. The summed E-state index contributed by atoms with van der Waals surface area (Å²) in [5.41, 5.74) is 1.28. The average molecular weight is 221 g/mol. The number of benzene rings is 1. The molecule has 0 saturated heterocycles. The van der Waals surface area contributed by atoms with Crippen molar-refractivity contribution in [1.82, 2.24) is 5.32 Å². The van der Waals surface area contributed by atoms with E-state index in [9.17, 15) is 0 Å². The lowest BCUT2D eigenvalue weighted by atomic mass is 10.1. The van der Waals surface area contributed by atoms with Crippen LogP contribution in [0.5, 0.6) is 5.75 Å². The van der Waals surface area contributed by atoms with Gasteiger partial charge in [-0.3, -0.25) is 0 Å². The SMILES string of the molecule is COc1cccc([C@H](C)NCCC(C)C)c1. The first kappa shape index (κ1) is 13.0. The third-order valence-electron chi connectivity index (χ3n) is 2.77. The molecule has 0 aliphatic carbocycles. The van der Waals surface area contributed by atoms with E-state index in [1.165, 1.54) is 12.0 Å². The van der Waals surface area contributed by atoms with Crippen molar-refractivity contribution in [1.29, 1.82) is 0 Å². The van der Waals surface area contributed by atoms with Crippen LogP contribution < -0.4 is 10.1 Å². The Labute approximate surface area is 99.0 Å². The Morgan fingerprint density at radius 3 is 2.62 bits per heavy atom. The Morgan fingerprint density at radius 1 is 1.25 bits per heavy atom. The summed E-state index contributed by atoms with van der Waals surface area (Å²) in [4.78, 5) is 0. The summed E-state index contributed by atoms with van der Waals surface area (Å²) in [7, 11) is 1.70. The highest BCUT2D eigenvalue weighted by Gasteiger charge is 2.05. The van der Waals surface area contributed by atoms with Gasteiger partial charge < -0.3 is 10.1 Å². The molecule has 2 heteroatoms. The van der Waals surface area contributed by atoms with E-state index in [0.717, 1.165) is 18.2 Å². The second-order valence-corrected chi connectivity index (χ2v) is 4.63. The monoisotopic (exact) mass is 221 g/mol. The van der Waals surface area contributed by atoms with Crippen LogP contribution in [-0.2, 0) is 0 Å². The molecule has 0 saturated carbocycles. The van der Waals surface area contributed by atoms with Crippen molar-refractivity contribution in [2.75, 3.05) is 13.7 Å². The molecule has 1 rings (SSSR count). The van der Waals surface area contributed by atoms with Crippen molar-refractivity contribution in [3.05, 3.63) is 29.8 Å². The second kappa shape index (κ2) is 6.54. The summed E-state index contributed by atoms with van der Waals surface area (Å²) < 4.78 is 5.22. The van der Waals surface area contributed by atoms with Crippen LogP contribution in [0.1, 0.15) is 38.8 Å². The number of methoxy groups -OCH3 is 1. The van der Waals surface area contributed by atoms with E-state index in [1.807, 2.05) is 12.1 Å². The minimum absolute atomic E-state index is 0.383. The number of ether oxygens (including phenoxy) is 1. The lowest BCUT2D eigenvalue weighted by molar-refractivity contribution is 0.413. The molecule has 0 amide bonds. The lowest BCUT2D eigenvalue weighted by Gasteiger charge is -2.15. The molecule has 90 valence electrons. The van der Waals surface area contributed by atoms with Crippen LogP contribution in [0.2, 0.25) is 0 Å². The van der Waals surface area contributed by atoms with Gasteiger partial charge in [-0.05, 0) is 43.5 Å². The minimum Gasteiger partial charge on any atom is -0.497 e. The fourth-order valence-corrected chi connectivity index (χ4v) is 1.62. The smallest absolute Gasteiger partial charge is 0.119 e. The summed E-state index contributed by atoms with van der Waals surface area (Å²) in [5, 5.41) is 3.53. The summed E-state index contributed by atoms with van der Waals surface area (Å²) in [5.74, 6) is 1.68. The van der Waals surface area contributed by atoms with Gasteiger partial charge >= 0.3 is 0 Å². The Morgan fingerprint density at radius 2 is 2.00 bits per heavy atom. The molecule has 1 aromatic rings. The lowest BCUT2D eigenvalue weighted by Crippen LogP contribution is -2.20. The van der Waals surface area contributed by atoms with Gasteiger partial charge in [0, 0.05) is 6.04 Å². The number of hydrogen-bond acceptors (Lipinski definition) is 2. The van der Waals surface area contributed by atoms with Gasteiger partial charge in [-0.1, -0.05) is 26.0 Å². The molecule has 0 aromatic heterocycles. The molecule has 0 spiro atoms. The Hall–Kier alpha value is -1.02. The molecule has 2 nitrogen and oxygen atoms in total. The van der Waals surface area contributed by atoms with Gasteiger partial charge in [0.2, 0.25) is 0 Å². The normalized spacial score (nSPS) is 12.8. The van der Waals surface area contributed by atoms with Crippen LogP contribution in [0.15, 0.2) is 24.3 Å². The highest BCUT2D eigenvalue weighted by Crippen LogP contribution is 2.18. The third-order valence-corrected chi connectivity index (χ3v) is 2.77. The van der Waals surface area contributed by atoms with E-state index in [-0.39, 0.29) is 0 Å². The van der Waals surface area contributed by atoms with Crippen LogP contribution in [0.4, 0.5) is 0 Å². The molecule has 0 unspecified atom stereocenters. The molecule has 1 atom stereocenters. The zero-order valence-corrected chi connectivity index (χ0v) is 10.8. The van der Waals surface area contributed by atoms with E-state index in [4.69, 9.17) is 4.74 Å². The van der Waals surface area contributed by atoms with Crippen molar-refractivity contribution >= 4 is 0 Å². The van der Waals surface area contributed by atoms with Crippen LogP contribution in [0.25, 0.3) is 0 Å². The molecule has 0 bridgehead atoms. The zero-order valence-electron chi connectivity index (χ0n) is 10.8. The molecule has 0 radical (unpaired) electrons. The van der Waals surface area contributed by atoms with E-state index in [2.05, 4.69) is 38.2 Å². The van der Waals surface area contributed by atoms with E-state index >= 15 is 0 Å².